The number of aliphatic hydroxyl groups excluding tert-OH is 1. The minimum absolute atomic E-state index is 0.0248. The molecule has 0 aliphatic rings. The lowest BCUT2D eigenvalue weighted by Gasteiger charge is -2.27. The predicted molar refractivity (Wildman–Crippen MR) is 50.4 cm³/mol. The van der Waals surface area contributed by atoms with Gasteiger partial charge in [-0.25, -0.2) is 0 Å². The van der Waals surface area contributed by atoms with E-state index >= 15 is 0 Å². The third-order valence-corrected chi connectivity index (χ3v) is 1.84. The van der Waals surface area contributed by atoms with Gasteiger partial charge in [0.2, 0.25) is 0 Å². The second-order valence-corrected chi connectivity index (χ2v) is 2.65. The molecule has 0 fully saturated rings. The monoisotopic (exact) mass is 165 g/mol. The van der Waals surface area contributed by atoms with E-state index in [0.717, 1.165) is 0 Å². The summed E-state index contributed by atoms with van der Waals surface area (Å²) < 4.78 is 0. The summed E-state index contributed by atoms with van der Waals surface area (Å²) in [4.78, 5) is 1.90. The number of hydrogen-bond donors (Lipinski definition) is 1. The van der Waals surface area contributed by atoms with Crippen molar-refractivity contribution in [2.45, 2.75) is 25.9 Å². The SMILES string of the molecule is C#CC(C)N(CCO)C(C)C#C. The first-order valence-corrected chi connectivity index (χ1v) is 3.96. The fourth-order valence-corrected chi connectivity index (χ4v) is 1.03. The molecule has 0 radical (unpaired) electrons. The number of rotatable bonds is 4. The van der Waals surface area contributed by atoms with Gasteiger partial charge in [-0.1, -0.05) is 11.8 Å². The van der Waals surface area contributed by atoms with Crippen molar-refractivity contribution in [3.63, 3.8) is 0 Å². The maximum absolute atomic E-state index is 8.75. The standard InChI is InChI=1S/C10H15NO/c1-5-9(3)11(7-8-12)10(4)6-2/h1-2,9-10,12H,7-8H2,3-4H3. The van der Waals surface area contributed by atoms with Crippen LogP contribution in [0.25, 0.3) is 0 Å². The van der Waals surface area contributed by atoms with E-state index in [1.54, 1.807) is 0 Å². The molecule has 2 nitrogen and oxygen atoms in total. The lowest BCUT2D eigenvalue weighted by Crippen LogP contribution is -2.40. The van der Waals surface area contributed by atoms with Crippen LogP contribution in [0.4, 0.5) is 0 Å². The molecule has 0 amide bonds. The highest BCUT2D eigenvalue weighted by molar-refractivity contribution is 5.05. The van der Waals surface area contributed by atoms with Crippen LogP contribution in [0.15, 0.2) is 0 Å². The van der Waals surface area contributed by atoms with Gasteiger partial charge in [-0.2, -0.15) is 0 Å². The Bertz CT molecular complexity index is 179. The van der Waals surface area contributed by atoms with Crippen LogP contribution in [-0.2, 0) is 0 Å². The lowest BCUT2D eigenvalue weighted by molar-refractivity contribution is 0.165. The summed E-state index contributed by atoms with van der Waals surface area (Å²) in [7, 11) is 0. The number of terminal acetylenes is 2. The zero-order chi connectivity index (χ0) is 9.56. The average molecular weight is 165 g/mol. The van der Waals surface area contributed by atoms with E-state index in [2.05, 4.69) is 11.8 Å². The Morgan fingerprint density at radius 2 is 1.67 bits per heavy atom. The average Bonchev–Trinajstić information content (AvgIpc) is 2.11. The summed E-state index contributed by atoms with van der Waals surface area (Å²) >= 11 is 0. The van der Waals surface area contributed by atoms with Crippen LogP contribution in [-0.4, -0.2) is 35.2 Å². The van der Waals surface area contributed by atoms with Gasteiger partial charge in [0.25, 0.3) is 0 Å². The Morgan fingerprint density at radius 3 is 1.92 bits per heavy atom. The van der Waals surface area contributed by atoms with Gasteiger partial charge in [0.1, 0.15) is 0 Å². The largest absolute Gasteiger partial charge is 0.395 e. The maximum Gasteiger partial charge on any atom is 0.0694 e. The normalized spacial score (nSPS) is 14.8. The molecular weight excluding hydrogens is 150 g/mol. The Morgan fingerprint density at radius 1 is 1.25 bits per heavy atom. The maximum atomic E-state index is 8.75. The molecule has 1 N–H and O–H groups in total. The van der Waals surface area contributed by atoms with Crippen molar-refractivity contribution in [2.24, 2.45) is 0 Å². The molecule has 0 aromatic heterocycles. The Balaban J connectivity index is 4.25. The molecule has 2 heteroatoms. The smallest absolute Gasteiger partial charge is 0.0694 e. The Hall–Kier alpha value is -0.960. The van der Waals surface area contributed by atoms with Crippen LogP contribution in [0, 0.1) is 24.7 Å². The second-order valence-electron chi connectivity index (χ2n) is 2.65. The highest BCUT2D eigenvalue weighted by atomic mass is 16.3. The summed E-state index contributed by atoms with van der Waals surface area (Å²) in [5, 5.41) is 8.75. The first-order valence-electron chi connectivity index (χ1n) is 3.96. The fourth-order valence-electron chi connectivity index (χ4n) is 1.03. The quantitative estimate of drug-likeness (QED) is 0.607. The highest BCUT2D eigenvalue weighted by Gasteiger charge is 2.15. The summed E-state index contributed by atoms with van der Waals surface area (Å²) in [6.07, 6.45) is 10.5. The van der Waals surface area contributed by atoms with E-state index in [9.17, 15) is 0 Å². The predicted octanol–water partition coefficient (Wildman–Crippen LogP) is 0.324. The molecule has 0 spiro atoms. The molecule has 0 heterocycles. The van der Waals surface area contributed by atoms with E-state index in [1.807, 2.05) is 18.7 Å². The zero-order valence-corrected chi connectivity index (χ0v) is 7.62. The zero-order valence-electron chi connectivity index (χ0n) is 7.62. The third-order valence-electron chi connectivity index (χ3n) is 1.84. The van der Waals surface area contributed by atoms with Crippen molar-refractivity contribution >= 4 is 0 Å². The van der Waals surface area contributed by atoms with Gasteiger partial charge in [0, 0.05) is 6.54 Å². The van der Waals surface area contributed by atoms with Gasteiger partial charge in [0.15, 0.2) is 0 Å². The molecule has 12 heavy (non-hydrogen) atoms. The van der Waals surface area contributed by atoms with Gasteiger partial charge < -0.3 is 5.11 Å². The molecule has 0 aromatic rings. The van der Waals surface area contributed by atoms with Crippen molar-refractivity contribution < 1.29 is 5.11 Å². The molecule has 0 aliphatic carbocycles. The van der Waals surface area contributed by atoms with Crippen molar-refractivity contribution in [2.75, 3.05) is 13.2 Å². The van der Waals surface area contributed by atoms with Crippen LogP contribution in [0.5, 0.6) is 0 Å². The minimum Gasteiger partial charge on any atom is -0.395 e. The van der Waals surface area contributed by atoms with Crippen LogP contribution in [0.3, 0.4) is 0 Å². The first-order chi connectivity index (χ1) is 5.67. The van der Waals surface area contributed by atoms with Gasteiger partial charge >= 0.3 is 0 Å². The summed E-state index contributed by atoms with van der Waals surface area (Å²) in [5.74, 6) is 5.17. The van der Waals surface area contributed by atoms with Gasteiger partial charge in [-0.15, -0.1) is 12.8 Å². The van der Waals surface area contributed by atoms with E-state index in [0.29, 0.717) is 6.54 Å². The van der Waals surface area contributed by atoms with E-state index < -0.39 is 0 Å². The van der Waals surface area contributed by atoms with Crippen molar-refractivity contribution in [3.8, 4) is 24.7 Å². The van der Waals surface area contributed by atoms with E-state index in [1.165, 1.54) is 0 Å². The van der Waals surface area contributed by atoms with Gasteiger partial charge in [-0.05, 0) is 13.8 Å². The van der Waals surface area contributed by atoms with Gasteiger partial charge in [-0.3, -0.25) is 4.90 Å². The van der Waals surface area contributed by atoms with Crippen molar-refractivity contribution in [3.05, 3.63) is 0 Å². The number of nitrogens with zero attached hydrogens (tertiary/aromatic N) is 1. The number of aliphatic hydroxyl groups is 1. The number of hydrogen-bond acceptors (Lipinski definition) is 2. The lowest BCUT2D eigenvalue weighted by atomic mass is 10.2. The molecule has 2 unspecified atom stereocenters. The first kappa shape index (κ1) is 11.0. The third kappa shape index (κ3) is 2.96. The highest BCUT2D eigenvalue weighted by Crippen LogP contribution is 2.03. The van der Waals surface area contributed by atoms with E-state index in [4.69, 9.17) is 18.0 Å². The van der Waals surface area contributed by atoms with Crippen molar-refractivity contribution in [1.29, 1.82) is 0 Å². The second kappa shape index (κ2) is 5.66. The molecule has 0 bridgehead atoms. The summed E-state index contributed by atoms with van der Waals surface area (Å²) in [6.45, 7) is 4.39. The molecule has 0 saturated carbocycles. The molecule has 0 saturated heterocycles. The summed E-state index contributed by atoms with van der Waals surface area (Å²) in [6, 6.07) is -0.0496. The molecular formula is C10H15NO. The van der Waals surface area contributed by atoms with Crippen molar-refractivity contribution in [1.82, 2.24) is 4.90 Å². The van der Waals surface area contributed by atoms with E-state index in [-0.39, 0.29) is 18.7 Å². The van der Waals surface area contributed by atoms with Crippen LogP contribution >= 0.6 is 0 Å². The minimum atomic E-state index is -0.0248. The molecule has 2 atom stereocenters. The Kier molecular flexibility index (Phi) is 5.21. The topological polar surface area (TPSA) is 23.5 Å². The molecule has 0 aromatic carbocycles. The Labute approximate surface area is 74.6 Å². The van der Waals surface area contributed by atoms with Crippen LogP contribution < -0.4 is 0 Å². The van der Waals surface area contributed by atoms with Crippen LogP contribution in [0.1, 0.15) is 13.8 Å². The summed E-state index contributed by atoms with van der Waals surface area (Å²) in [5.41, 5.74) is 0. The molecule has 0 rings (SSSR count). The van der Waals surface area contributed by atoms with Crippen LogP contribution in [0.2, 0.25) is 0 Å². The molecule has 0 aliphatic heterocycles. The van der Waals surface area contributed by atoms with Gasteiger partial charge in [0.05, 0.1) is 18.7 Å². The fraction of sp³-hybridized carbons (Fsp3) is 0.600. The molecule has 66 valence electrons.